The van der Waals surface area contributed by atoms with Gasteiger partial charge in [0.1, 0.15) is 12.6 Å². The standard InChI is InChI=1S/C15H21N5O5/c1-8(2)10(14(23)25-5)17-9(21)6-20-7-16-12-11(20)13(22)19(4)15(24)18(12)3/h7-8,10H,6H2,1-5H3,(H,17,21)/t10-/m0/s1. The van der Waals surface area contributed by atoms with Crippen molar-refractivity contribution in [3.05, 3.63) is 27.2 Å². The lowest BCUT2D eigenvalue weighted by Gasteiger charge is -2.19. The molecule has 2 aromatic rings. The van der Waals surface area contributed by atoms with E-state index in [4.69, 9.17) is 0 Å². The smallest absolute Gasteiger partial charge is 0.332 e. The monoisotopic (exact) mass is 351 g/mol. The van der Waals surface area contributed by atoms with Crippen molar-refractivity contribution >= 4 is 23.0 Å². The Morgan fingerprint density at radius 1 is 1.24 bits per heavy atom. The van der Waals surface area contributed by atoms with Crippen LogP contribution in [0.5, 0.6) is 0 Å². The quantitative estimate of drug-likeness (QED) is 0.673. The van der Waals surface area contributed by atoms with Crippen LogP contribution in [0.4, 0.5) is 0 Å². The van der Waals surface area contributed by atoms with Crippen molar-refractivity contribution in [2.45, 2.75) is 26.4 Å². The van der Waals surface area contributed by atoms with E-state index in [1.165, 1.54) is 36.7 Å². The molecule has 1 amide bonds. The fourth-order valence-corrected chi connectivity index (χ4v) is 2.52. The van der Waals surface area contributed by atoms with Crippen LogP contribution >= 0.6 is 0 Å². The Hall–Kier alpha value is -2.91. The first kappa shape index (κ1) is 18.4. The molecule has 0 radical (unpaired) electrons. The zero-order chi connectivity index (χ0) is 18.9. The Kier molecular flexibility index (Phi) is 5.10. The minimum absolute atomic E-state index is 0.138. The molecule has 0 unspecified atom stereocenters. The highest BCUT2D eigenvalue weighted by Gasteiger charge is 2.25. The Balaban J connectivity index is 2.35. The second-order valence-corrected chi connectivity index (χ2v) is 6.06. The molecule has 0 aliphatic heterocycles. The van der Waals surface area contributed by atoms with Crippen LogP contribution in [0.2, 0.25) is 0 Å². The first-order valence-electron chi connectivity index (χ1n) is 7.67. The van der Waals surface area contributed by atoms with Crippen molar-refractivity contribution in [2.24, 2.45) is 20.0 Å². The largest absolute Gasteiger partial charge is 0.467 e. The number of methoxy groups -OCH3 is 1. The molecule has 1 N–H and O–H groups in total. The summed E-state index contributed by atoms with van der Waals surface area (Å²) < 4.78 is 8.21. The van der Waals surface area contributed by atoms with Gasteiger partial charge in [-0.25, -0.2) is 14.6 Å². The molecule has 25 heavy (non-hydrogen) atoms. The Bertz CT molecular complexity index is 936. The highest BCUT2D eigenvalue weighted by molar-refractivity contribution is 5.85. The first-order valence-corrected chi connectivity index (χ1v) is 7.67. The highest BCUT2D eigenvalue weighted by Crippen LogP contribution is 2.07. The molecule has 2 heterocycles. The Labute approximate surface area is 143 Å². The molecular formula is C15H21N5O5. The number of fused-ring (bicyclic) bond motifs is 1. The molecule has 1 atom stereocenters. The van der Waals surface area contributed by atoms with Gasteiger partial charge in [-0.3, -0.25) is 18.7 Å². The summed E-state index contributed by atoms with van der Waals surface area (Å²) in [6.07, 6.45) is 1.31. The van der Waals surface area contributed by atoms with Gasteiger partial charge in [0.05, 0.1) is 13.4 Å². The van der Waals surface area contributed by atoms with E-state index in [2.05, 4.69) is 15.0 Å². The zero-order valence-corrected chi connectivity index (χ0v) is 14.8. The minimum atomic E-state index is -0.792. The van der Waals surface area contributed by atoms with E-state index in [0.717, 1.165) is 4.57 Å². The minimum Gasteiger partial charge on any atom is -0.467 e. The number of esters is 1. The number of carbonyl (C=O) groups excluding carboxylic acids is 2. The van der Waals surface area contributed by atoms with Gasteiger partial charge in [0, 0.05) is 14.1 Å². The van der Waals surface area contributed by atoms with E-state index < -0.39 is 29.2 Å². The van der Waals surface area contributed by atoms with Crippen molar-refractivity contribution < 1.29 is 14.3 Å². The van der Waals surface area contributed by atoms with E-state index in [0.29, 0.717) is 0 Å². The average Bonchev–Trinajstić information content (AvgIpc) is 2.98. The Morgan fingerprint density at radius 2 is 1.88 bits per heavy atom. The fraction of sp³-hybridized carbons (Fsp3) is 0.533. The van der Waals surface area contributed by atoms with E-state index in [9.17, 15) is 19.2 Å². The van der Waals surface area contributed by atoms with Gasteiger partial charge in [-0.05, 0) is 5.92 Å². The molecule has 0 aliphatic rings. The zero-order valence-electron chi connectivity index (χ0n) is 14.8. The Morgan fingerprint density at radius 3 is 2.44 bits per heavy atom. The summed E-state index contributed by atoms with van der Waals surface area (Å²) in [5.41, 5.74) is -0.720. The molecule has 0 saturated carbocycles. The number of carbonyl (C=O) groups is 2. The maximum absolute atomic E-state index is 12.3. The second kappa shape index (κ2) is 6.91. The van der Waals surface area contributed by atoms with Crippen LogP contribution < -0.4 is 16.6 Å². The molecule has 0 aromatic carbocycles. The van der Waals surface area contributed by atoms with Gasteiger partial charge < -0.3 is 14.6 Å². The van der Waals surface area contributed by atoms with Crippen molar-refractivity contribution in [2.75, 3.05) is 7.11 Å². The summed E-state index contributed by atoms with van der Waals surface area (Å²) in [6, 6.07) is -0.792. The van der Waals surface area contributed by atoms with Gasteiger partial charge in [0.2, 0.25) is 5.91 Å². The fourth-order valence-electron chi connectivity index (χ4n) is 2.52. The van der Waals surface area contributed by atoms with Crippen LogP contribution in [0.15, 0.2) is 15.9 Å². The van der Waals surface area contributed by atoms with Crippen molar-refractivity contribution in [1.82, 2.24) is 24.0 Å². The van der Waals surface area contributed by atoms with Gasteiger partial charge in [0.25, 0.3) is 5.56 Å². The highest BCUT2D eigenvalue weighted by atomic mass is 16.5. The van der Waals surface area contributed by atoms with Gasteiger partial charge in [-0.1, -0.05) is 13.8 Å². The molecule has 0 fully saturated rings. The summed E-state index contributed by atoms with van der Waals surface area (Å²) in [7, 11) is 4.10. The average molecular weight is 351 g/mol. The molecule has 10 nitrogen and oxygen atoms in total. The number of hydrogen-bond acceptors (Lipinski definition) is 6. The molecule has 0 spiro atoms. The molecule has 0 aliphatic carbocycles. The molecule has 136 valence electrons. The maximum atomic E-state index is 12.3. The topological polar surface area (TPSA) is 117 Å². The molecule has 2 aromatic heterocycles. The molecule has 0 bridgehead atoms. The lowest BCUT2D eigenvalue weighted by molar-refractivity contribution is -0.146. The summed E-state index contributed by atoms with van der Waals surface area (Å²) in [6.45, 7) is 3.34. The predicted octanol–water partition coefficient (Wildman–Crippen LogP) is -1.25. The van der Waals surface area contributed by atoms with Gasteiger partial charge in [-0.2, -0.15) is 0 Å². The number of nitrogens with zero attached hydrogens (tertiary/aromatic N) is 4. The number of amides is 1. The number of ether oxygens (including phenoxy) is 1. The lowest BCUT2D eigenvalue weighted by atomic mass is 10.0. The maximum Gasteiger partial charge on any atom is 0.332 e. The van der Waals surface area contributed by atoms with Crippen LogP contribution in [0.3, 0.4) is 0 Å². The summed E-state index contributed by atoms with van der Waals surface area (Å²) >= 11 is 0. The van der Waals surface area contributed by atoms with Crippen molar-refractivity contribution in [3.63, 3.8) is 0 Å². The molecular weight excluding hydrogens is 330 g/mol. The normalized spacial score (nSPS) is 12.4. The first-order chi connectivity index (χ1) is 11.7. The SMILES string of the molecule is COC(=O)[C@@H](NC(=O)Cn1cnc2c1c(=O)n(C)c(=O)n2C)C(C)C. The van der Waals surface area contributed by atoms with Crippen LogP contribution in [0.25, 0.3) is 11.2 Å². The van der Waals surface area contributed by atoms with Gasteiger partial charge in [0.15, 0.2) is 11.2 Å². The summed E-state index contributed by atoms with van der Waals surface area (Å²) in [5, 5.41) is 2.59. The van der Waals surface area contributed by atoms with Crippen molar-refractivity contribution in [3.8, 4) is 0 Å². The summed E-state index contributed by atoms with van der Waals surface area (Å²) in [4.78, 5) is 52.3. The molecule has 10 heteroatoms. The van der Waals surface area contributed by atoms with E-state index >= 15 is 0 Å². The van der Waals surface area contributed by atoms with Crippen LogP contribution in [0.1, 0.15) is 13.8 Å². The van der Waals surface area contributed by atoms with E-state index in [1.807, 2.05) is 0 Å². The number of rotatable bonds is 5. The van der Waals surface area contributed by atoms with E-state index in [1.54, 1.807) is 13.8 Å². The third kappa shape index (κ3) is 3.32. The lowest BCUT2D eigenvalue weighted by Crippen LogP contribution is -2.46. The van der Waals surface area contributed by atoms with Gasteiger partial charge in [-0.15, -0.1) is 0 Å². The van der Waals surface area contributed by atoms with Crippen LogP contribution in [-0.2, 0) is 35.0 Å². The number of aromatic nitrogens is 4. The number of aryl methyl sites for hydroxylation is 1. The number of hydrogen-bond donors (Lipinski definition) is 1. The third-order valence-electron chi connectivity index (χ3n) is 3.97. The number of imidazole rings is 1. The molecule has 0 saturated heterocycles. The van der Waals surface area contributed by atoms with Crippen LogP contribution in [0, 0.1) is 5.92 Å². The summed E-state index contributed by atoms with van der Waals surface area (Å²) in [5.74, 6) is -1.18. The van der Waals surface area contributed by atoms with Crippen molar-refractivity contribution in [1.29, 1.82) is 0 Å². The van der Waals surface area contributed by atoms with Gasteiger partial charge >= 0.3 is 11.7 Å². The molecule has 2 rings (SSSR count). The second-order valence-electron chi connectivity index (χ2n) is 6.06. The number of nitrogens with one attached hydrogen (secondary N) is 1. The van der Waals surface area contributed by atoms with Crippen LogP contribution in [-0.4, -0.2) is 43.7 Å². The predicted molar refractivity (Wildman–Crippen MR) is 89.0 cm³/mol. The van der Waals surface area contributed by atoms with E-state index in [-0.39, 0.29) is 23.6 Å². The third-order valence-corrected chi connectivity index (χ3v) is 3.97.